The lowest BCUT2D eigenvalue weighted by molar-refractivity contribution is -0.137. The molecule has 0 atom stereocenters. The summed E-state index contributed by atoms with van der Waals surface area (Å²) in [5, 5.41) is 0.490. The number of hydrogen-bond acceptors (Lipinski definition) is 4. The first-order chi connectivity index (χ1) is 13.1. The smallest absolute Gasteiger partial charge is 0.335 e. The first-order valence-electron chi connectivity index (χ1n) is 8.95. The molecule has 0 unspecified atom stereocenters. The van der Waals surface area contributed by atoms with Gasteiger partial charge in [-0.15, -0.1) is 11.3 Å². The Bertz CT molecular complexity index is 874. The largest absolute Gasteiger partial charge is 0.416 e. The lowest BCUT2D eigenvalue weighted by atomic mass is 10.1. The van der Waals surface area contributed by atoms with E-state index in [2.05, 4.69) is 23.7 Å². The molecule has 1 fully saturated rings. The fourth-order valence-corrected chi connectivity index (χ4v) is 4.49. The Hall–Kier alpha value is -1.64. The highest BCUT2D eigenvalue weighted by atomic mass is 35.5. The van der Waals surface area contributed by atoms with Gasteiger partial charge in [-0.2, -0.15) is 13.2 Å². The van der Waals surface area contributed by atoms with Crippen LogP contribution in [0.15, 0.2) is 18.2 Å². The van der Waals surface area contributed by atoms with Gasteiger partial charge in [-0.25, -0.2) is 4.98 Å². The van der Waals surface area contributed by atoms with Gasteiger partial charge in [0.1, 0.15) is 9.88 Å². The van der Waals surface area contributed by atoms with E-state index < -0.39 is 11.7 Å². The summed E-state index contributed by atoms with van der Waals surface area (Å²) >= 11 is 7.20. The molecule has 0 aliphatic carbocycles. The number of thiazole rings is 1. The van der Waals surface area contributed by atoms with E-state index in [1.807, 2.05) is 0 Å². The third-order valence-electron chi connectivity index (χ3n) is 4.85. The molecular formula is C19H21ClF3N3OS. The zero-order valence-corrected chi connectivity index (χ0v) is 17.4. The van der Waals surface area contributed by atoms with Crippen molar-refractivity contribution < 1.29 is 18.0 Å². The Morgan fingerprint density at radius 2 is 1.86 bits per heavy atom. The first-order valence-corrected chi connectivity index (χ1v) is 10.1. The van der Waals surface area contributed by atoms with Crippen molar-refractivity contribution in [3.8, 4) is 10.6 Å². The average molecular weight is 432 g/mol. The van der Waals surface area contributed by atoms with Crippen molar-refractivity contribution in [2.24, 2.45) is 0 Å². The summed E-state index contributed by atoms with van der Waals surface area (Å²) in [5.74, 6) is -0.132. The van der Waals surface area contributed by atoms with E-state index in [4.69, 9.17) is 11.6 Å². The van der Waals surface area contributed by atoms with Gasteiger partial charge in [-0.3, -0.25) is 9.69 Å². The monoisotopic (exact) mass is 431 g/mol. The molecule has 4 nitrogen and oxygen atoms in total. The van der Waals surface area contributed by atoms with Crippen LogP contribution in [0.2, 0.25) is 5.02 Å². The van der Waals surface area contributed by atoms with Crippen molar-refractivity contribution in [1.82, 2.24) is 14.8 Å². The molecular weight excluding hydrogens is 411 g/mol. The SMILES string of the molecule is Cc1nc(-c2cc(C(F)(F)F)ccc2Cl)sc1C(=O)N1CCN(C(C)C)CC1. The maximum Gasteiger partial charge on any atom is 0.416 e. The number of aryl methyl sites for hydroxylation is 1. The van der Waals surface area contributed by atoms with Crippen molar-refractivity contribution in [3.05, 3.63) is 39.4 Å². The van der Waals surface area contributed by atoms with Gasteiger partial charge in [0.05, 0.1) is 16.3 Å². The standard InChI is InChI=1S/C19H21ClF3N3OS/c1-11(2)25-6-8-26(9-7-25)18(27)16-12(3)24-17(28-16)14-10-13(19(21,22)23)4-5-15(14)20/h4-5,10-11H,6-9H2,1-3H3. The highest BCUT2D eigenvalue weighted by Crippen LogP contribution is 2.38. The van der Waals surface area contributed by atoms with E-state index in [9.17, 15) is 18.0 Å². The molecule has 1 aliphatic heterocycles. The van der Waals surface area contributed by atoms with E-state index in [1.165, 1.54) is 6.07 Å². The number of piperazine rings is 1. The second-order valence-corrected chi connectivity index (χ2v) is 8.45. The quantitative estimate of drug-likeness (QED) is 0.689. The number of carbonyl (C=O) groups excluding carboxylic acids is 1. The number of hydrogen-bond donors (Lipinski definition) is 0. The first kappa shape index (κ1) is 21.1. The molecule has 9 heteroatoms. The van der Waals surface area contributed by atoms with Crippen LogP contribution in [0.3, 0.4) is 0 Å². The summed E-state index contributed by atoms with van der Waals surface area (Å²) in [6.45, 7) is 8.77. The fraction of sp³-hybridized carbons (Fsp3) is 0.474. The van der Waals surface area contributed by atoms with Crippen molar-refractivity contribution in [3.63, 3.8) is 0 Å². The van der Waals surface area contributed by atoms with Gasteiger partial charge in [0.15, 0.2) is 0 Å². The van der Waals surface area contributed by atoms with Crippen LogP contribution in [0.1, 0.15) is 34.8 Å². The number of nitrogens with zero attached hydrogens (tertiary/aromatic N) is 3. The molecule has 1 aromatic heterocycles. The molecule has 0 spiro atoms. The summed E-state index contributed by atoms with van der Waals surface area (Å²) < 4.78 is 39.1. The van der Waals surface area contributed by atoms with Gasteiger partial charge in [-0.05, 0) is 39.0 Å². The molecule has 3 rings (SSSR count). The minimum Gasteiger partial charge on any atom is -0.335 e. The molecule has 0 bridgehead atoms. The maximum absolute atomic E-state index is 13.0. The van der Waals surface area contributed by atoms with Crippen LogP contribution < -0.4 is 0 Å². The van der Waals surface area contributed by atoms with Gasteiger partial charge in [0.25, 0.3) is 5.91 Å². The lowest BCUT2D eigenvalue weighted by Crippen LogP contribution is -2.50. The number of amides is 1. The van der Waals surface area contributed by atoms with Crippen LogP contribution in [-0.4, -0.2) is 52.9 Å². The normalized spacial score (nSPS) is 16.1. The van der Waals surface area contributed by atoms with Gasteiger partial charge < -0.3 is 4.90 Å². The Morgan fingerprint density at radius 3 is 2.43 bits per heavy atom. The molecule has 0 radical (unpaired) electrons. The molecule has 1 saturated heterocycles. The van der Waals surface area contributed by atoms with E-state index >= 15 is 0 Å². The Labute approximate surface area is 170 Å². The van der Waals surface area contributed by atoms with Crippen molar-refractivity contribution >= 4 is 28.8 Å². The number of rotatable bonds is 3. The molecule has 1 aliphatic rings. The fourth-order valence-electron chi connectivity index (χ4n) is 3.16. The van der Waals surface area contributed by atoms with E-state index in [-0.39, 0.29) is 16.5 Å². The van der Waals surface area contributed by atoms with Crippen LogP contribution in [0.5, 0.6) is 0 Å². The zero-order chi connectivity index (χ0) is 20.6. The number of halogens is 4. The summed E-state index contributed by atoms with van der Waals surface area (Å²) in [4.78, 5) is 21.8. The van der Waals surface area contributed by atoms with Gasteiger partial charge in [0.2, 0.25) is 0 Å². The van der Waals surface area contributed by atoms with Crippen LogP contribution in [0.4, 0.5) is 13.2 Å². The van der Waals surface area contributed by atoms with Crippen LogP contribution in [0, 0.1) is 6.92 Å². The molecule has 2 heterocycles. The number of benzene rings is 1. The summed E-state index contributed by atoms with van der Waals surface area (Å²) in [5.41, 5.74) is -0.101. The number of alkyl halides is 3. The lowest BCUT2D eigenvalue weighted by Gasteiger charge is -2.36. The third-order valence-corrected chi connectivity index (χ3v) is 6.35. The maximum atomic E-state index is 13.0. The average Bonchev–Trinajstić information content (AvgIpc) is 3.02. The molecule has 1 amide bonds. The van der Waals surface area contributed by atoms with Crippen molar-refractivity contribution in [2.45, 2.75) is 33.0 Å². The van der Waals surface area contributed by atoms with E-state index in [0.717, 1.165) is 36.6 Å². The summed E-state index contributed by atoms with van der Waals surface area (Å²) in [6.07, 6.45) is -4.47. The highest BCUT2D eigenvalue weighted by Gasteiger charge is 2.32. The molecule has 28 heavy (non-hydrogen) atoms. The minimum atomic E-state index is -4.47. The highest BCUT2D eigenvalue weighted by molar-refractivity contribution is 7.17. The third kappa shape index (κ3) is 4.34. The Balaban J connectivity index is 1.85. The molecule has 1 aromatic carbocycles. The number of aromatic nitrogens is 1. The van der Waals surface area contributed by atoms with Gasteiger partial charge in [0, 0.05) is 37.8 Å². The van der Waals surface area contributed by atoms with Crippen molar-refractivity contribution in [1.29, 1.82) is 0 Å². The molecule has 152 valence electrons. The van der Waals surface area contributed by atoms with Gasteiger partial charge >= 0.3 is 6.18 Å². The van der Waals surface area contributed by atoms with E-state index in [1.54, 1.807) is 11.8 Å². The second-order valence-electron chi connectivity index (χ2n) is 7.05. The Morgan fingerprint density at radius 1 is 1.21 bits per heavy atom. The Kier molecular flexibility index (Phi) is 6.03. The number of carbonyl (C=O) groups is 1. The van der Waals surface area contributed by atoms with Crippen molar-refractivity contribution in [2.75, 3.05) is 26.2 Å². The van der Waals surface area contributed by atoms with Crippen LogP contribution in [-0.2, 0) is 6.18 Å². The van der Waals surface area contributed by atoms with Crippen LogP contribution >= 0.6 is 22.9 Å². The molecule has 0 N–H and O–H groups in total. The second kappa shape index (κ2) is 8.00. The van der Waals surface area contributed by atoms with E-state index in [0.29, 0.717) is 34.7 Å². The zero-order valence-electron chi connectivity index (χ0n) is 15.8. The summed E-state index contributed by atoms with van der Waals surface area (Å²) in [6, 6.07) is 3.56. The topological polar surface area (TPSA) is 36.4 Å². The molecule has 2 aromatic rings. The summed E-state index contributed by atoms with van der Waals surface area (Å²) in [7, 11) is 0. The van der Waals surface area contributed by atoms with Gasteiger partial charge in [-0.1, -0.05) is 11.6 Å². The molecule has 0 saturated carbocycles. The predicted octanol–water partition coefficient (Wildman–Crippen LogP) is 4.96. The minimum absolute atomic E-state index is 0.132. The van der Waals surface area contributed by atoms with Crippen LogP contribution in [0.25, 0.3) is 10.6 Å². The predicted molar refractivity (Wildman–Crippen MR) is 105 cm³/mol.